The maximum absolute atomic E-state index is 5.52. The molecule has 0 aliphatic heterocycles. The zero-order valence-corrected chi connectivity index (χ0v) is 11.6. The van der Waals surface area contributed by atoms with E-state index in [-0.39, 0.29) is 6.10 Å². The van der Waals surface area contributed by atoms with Crippen molar-refractivity contribution in [3.63, 3.8) is 0 Å². The van der Waals surface area contributed by atoms with Crippen LogP contribution >= 0.6 is 24.0 Å². The molecule has 5 heteroatoms. The van der Waals surface area contributed by atoms with Crippen LogP contribution in [-0.2, 0) is 4.74 Å². The molecular formula is C12H17NO2S2. The number of thioether (sulfide) groups is 1. The van der Waals surface area contributed by atoms with E-state index in [9.17, 15) is 0 Å². The third-order valence-corrected chi connectivity index (χ3v) is 3.26. The smallest absolute Gasteiger partial charge is 0.119 e. The van der Waals surface area contributed by atoms with E-state index in [0.717, 1.165) is 5.75 Å². The van der Waals surface area contributed by atoms with Crippen LogP contribution in [0, 0.1) is 0 Å². The SMILES string of the molecule is CSc1ccc(OCCOC(C)C(N)=S)cc1. The molecule has 0 amide bonds. The highest BCUT2D eigenvalue weighted by Gasteiger charge is 2.04. The largest absolute Gasteiger partial charge is 0.491 e. The maximum atomic E-state index is 5.52. The molecule has 0 bridgehead atoms. The van der Waals surface area contributed by atoms with Crippen LogP contribution in [-0.4, -0.2) is 30.6 Å². The van der Waals surface area contributed by atoms with Crippen LogP contribution in [0.15, 0.2) is 29.2 Å². The number of hydrogen-bond donors (Lipinski definition) is 1. The molecule has 1 atom stereocenters. The van der Waals surface area contributed by atoms with Crippen molar-refractivity contribution < 1.29 is 9.47 Å². The molecule has 0 aromatic heterocycles. The molecule has 0 heterocycles. The zero-order chi connectivity index (χ0) is 12.7. The summed E-state index contributed by atoms with van der Waals surface area (Å²) >= 11 is 6.50. The number of thiocarbonyl (C=S) groups is 1. The summed E-state index contributed by atoms with van der Waals surface area (Å²) in [5.41, 5.74) is 5.42. The van der Waals surface area contributed by atoms with Gasteiger partial charge in [-0.2, -0.15) is 0 Å². The molecule has 0 radical (unpaired) electrons. The summed E-state index contributed by atoms with van der Waals surface area (Å²) in [7, 11) is 0. The standard InChI is InChI=1S/C12H17NO2S2/c1-9(12(13)16)14-7-8-15-10-3-5-11(17-2)6-4-10/h3-6,9H,7-8H2,1-2H3,(H2,13,16). The first-order chi connectivity index (χ1) is 8.13. The van der Waals surface area contributed by atoms with Gasteiger partial charge in [-0.25, -0.2) is 0 Å². The van der Waals surface area contributed by atoms with Crippen molar-refractivity contribution in [2.75, 3.05) is 19.5 Å². The molecule has 94 valence electrons. The highest BCUT2D eigenvalue weighted by atomic mass is 32.2. The summed E-state index contributed by atoms with van der Waals surface area (Å²) in [5, 5.41) is 0. The van der Waals surface area contributed by atoms with Gasteiger partial charge in [-0.3, -0.25) is 0 Å². The van der Waals surface area contributed by atoms with Crippen LogP contribution in [0.2, 0.25) is 0 Å². The van der Waals surface area contributed by atoms with Gasteiger partial charge in [-0.05, 0) is 37.4 Å². The van der Waals surface area contributed by atoms with Crippen molar-refractivity contribution >= 4 is 29.0 Å². The fourth-order valence-electron chi connectivity index (χ4n) is 1.14. The zero-order valence-electron chi connectivity index (χ0n) is 10.0. The number of nitrogens with two attached hydrogens (primary N) is 1. The van der Waals surface area contributed by atoms with E-state index in [0.29, 0.717) is 18.2 Å². The summed E-state index contributed by atoms with van der Waals surface area (Å²) in [6.45, 7) is 2.80. The third kappa shape index (κ3) is 5.39. The van der Waals surface area contributed by atoms with Crippen LogP contribution in [0.4, 0.5) is 0 Å². The minimum atomic E-state index is -0.201. The molecule has 17 heavy (non-hydrogen) atoms. The van der Waals surface area contributed by atoms with E-state index in [1.54, 1.807) is 11.8 Å². The van der Waals surface area contributed by atoms with Crippen LogP contribution in [0.25, 0.3) is 0 Å². The van der Waals surface area contributed by atoms with E-state index >= 15 is 0 Å². The highest BCUT2D eigenvalue weighted by Crippen LogP contribution is 2.18. The number of hydrogen-bond acceptors (Lipinski definition) is 4. The van der Waals surface area contributed by atoms with E-state index in [4.69, 9.17) is 27.4 Å². The molecule has 1 aromatic carbocycles. The van der Waals surface area contributed by atoms with E-state index in [1.807, 2.05) is 37.4 Å². The molecule has 2 N–H and O–H groups in total. The minimum Gasteiger partial charge on any atom is -0.491 e. The molecule has 0 saturated carbocycles. The van der Waals surface area contributed by atoms with Gasteiger partial charge in [0.25, 0.3) is 0 Å². The molecule has 1 rings (SSSR count). The van der Waals surface area contributed by atoms with Crippen LogP contribution in [0.1, 0.15) is 6.92 Å². The first-order valence-electron chi connectivity index (χ1n) is 5.31. The van der Waals surface area contributed by atoms with Gasteiger partial charge < -0.3 is 15.2 Å². The lowest BCUT2D eigenvalue weighted by Gasteiger charge is -2.12. The number of benzene rings is 1. The van der Waals surface area contributed by atoms with Crippen molar-refractivity contribution in [3.8, 4) is 5.75 Å². The predicted octanol–water partition coefficient (Wildman–Crippen LogP) is 2.48. The van der Waals surface area contributed by atoms with Crippen molar-refractivity contribution in [1.82, 2.24) is 0 Å². The van der Waals surface area contributed by atoms with E-state index in [2.05, 4.69) is 0 Å². The molecule has 0 spiro atoms. The van der Waals surface area contributed by atoms with Crippen molar-refractivity contribution in [3.05, 3.63) is 24.3 Å². The monoisotopic (exact) mass is 271 g/mol. The molecule has 3 nitrogen and oxygen atoms in total. The maximum Gasteiger partial charge on any atom is 0.119 e. The second kappa shape index (κ2) is 7.53. The minimum absolute atomic E-state index is 0.201. The molecule has 1 aromatic rings. The van der Waals surface area contributed by atoms with Crippen molar-refractivity contribution in [1.29, 1.82) is 0 Å². The predicted molar refractivity (Wildman–Crippen MR) is 75.9 cm³/mol. The summed E-state index contributed by atoms with van der Waals surface area (Å²) < 4.78 is 10.9. The van der Waals surface area contributed by atoms with Gasteiger partial charge in [-0.15, -0.1) is 11.8 Å². The van der Waals surface area contributed by atoms with Gasteiger partial charge in [0, 0.05) is 4.90 Å². The lowest BCUT2D eigenvalue weighted by molar-refractivity contribution is 0.0810. The fourth-order valence-corrected chi connectivity index (χ4v) is 1.61. The van der Waals surface area contributed by atoms with E-state index in [1.165, 1.54) is 4.90 Å². The molecule has 0 aliphatic rings. The van der Waals surface area contributed by atoms with Gasteiger partial charge in [0.1, 0.15) is 23.4 Å². The average Bonchev–Trinajstić information content (AvgIpc) is 2.35. The Morgan fingerprint density at radius 3 is 2.53 bits per heavy atom. The quantitative estimate of drug-likeness (QED) is 0.469. The van der Waals surface area contributed by atoms with Crippen molar-refractivity contribution in [2.45, 2.75) is 17.9 Å². The number of ether oxygens (including phenoxy) is 2. The van der Waals surface area contributed by atoms with Crippen LogP contribution in [0.3, 0.4) is 0 Å². The second-order valence-electron chi connectivity index (χ2n) is 3.44. The molecule has 1 unspecified atom stereocenters. The summed E-state index contributed by atoms with van der Waals surface area (Å²) in [4.78, 5) is 1.59. The first kappa shape index (κ1) is 14.3. The van der Waals surface area contributed by atoms with Crippen LogP contribution < -0.4 is 10.5 Å². The van der Waals surface area contributed by atoms with Crippen LogP contribution in [0.5, 0.6) is 5.75 Å². The third-order valence-electron chi connectivity index (χ3n) is 2.18. The van der Waals surface area contributed by atoms with Gasteiger partial charge >= 0.3 is 0 Å². The first-order valence-corrected chi connectivity index (χ1v) is 6.94. The lowest BCUT2D eigenvalue weighted by atomic mass is 10.3. The Bertz CT molecular complexity index is 354. The average molecular weight is 271 g/mol. The second-order valence-corrected chi connectivity index (χ2v) is 4.79. The Balaban J connectivity index is 2.24. The van der Waals surface area contributed by atoms with Crippen molar-refractivity contribution in [2.24, 2.45) is 5.73 Å². The molecular weight excluding hydrogens is 254 g/mol. The van der Waals surface area contributed by atoms with Gasteiger partial charge in [-0.1, -0.05) is 12.2 Å². The topological polar surface area (TPSA) is 44.5 Å². The van der Waals surface area contributed by atoms with Gasteiger partial charge in [0.05, 0.1) is 6.61 Å². The van der Waals surface area contributed by atoms with E-state index < -0.39 is 0 Å². The Morgan fingerprint density at radius 1 is 1.35 bits per heavy atom. The normalized spacial score (nSPS) is 12.1. The van der Waals surface area contributed by atoms with Gasteiger partial charge in [0.2, 0.25) is 0 Å². The molecule has 0 saturated heterocycles. The molecule has 0 fully saturated rings. The number of rotatable bonds is 7. The molecule has 0 aliphatic carbocycles. The Kier molecular flexibility index (Phi) is 6.32. The summed E-state index contributed by atoms with van der Waals surface area (Å²) in [6, 6.07) is 7.95. The van der Waals surface area contributed by atoms with Gasteiger partial charge in [0.15, 0.2) is 0 Å². The lowest BCUT2D eigenvalue weighted by Crippen LogP contribution is -2.27. The summed E-state index contributed by atoms with van der Waals surface area (Å²) in [5.74, 6) is 0.842. The Labute approximate surface area is 112 Å². The fraction of sp³-hybridized carbons (Fsp3) is 0.417. The highest BCUT2D eigenvalue weighted by molar-refractivity contribution is 7.98. The Hall–Kier alpha value is -0.780. The Morgan fingerprint density at radius 2 is 2.00 bits per heavy atom. The summed E-state index contributed by atoms with van der Waals surface area (Å²) in [6.07, 6.45) is 1.84.